The molecule has 2 heterocycles. The summed E-state index contributed by atoms with van der Waals surface area (Å²) in [6.45, 7) is 11.8. The van der Waals surface area contributed by atoms with Gasteiger partial charge in [0.25, 0.3) is 0 Å². The largest absolute Gasteiger partial charge is 0.310 e. The molecule has 116 valence electrons. The third-order valence-electron chi connectivity index (χ3n) is 3.09. The van der Waals surface area contributed by atoms with E-state index in [1.54, 1.807) is 11.3 Å². The van der Waals surface area contributed by atoms with Crippen molar-refractivity contribution in [3.8, 4) is 0 Å². The Balaban J connectivity index is 2.14. The first-order chi connectivity index (χ1) is 9.94. The van der Waals surface area contributed by atoms with Crippen molar-refractivity contribution in [3.63, 3.8) is 0 Å². The Bertz CT molecular complexity index is 570. The van der Waals surface area contributed by atoms with E-state index in [9.17, 15) is 0 Å². The van der Waals surface area contributed by atoms with Crippen LogP contribution in [0.15, 0.2) is 5.38 Å². The number of hydrogen-bond donors (Lipinski definition) is 1. The van der Waals surface area contributed by atoms with Crippen molar-refractivity contribution in [2.75, 3.05) is 0 Å². The molecule has 0 aliphatic rings. The maximum Gasteiger partial charge on any atom is 0.0991 e. The van der Waals surface area contributed by atoms with Crippen LogP contribution in [0.3, 0.4) is 0 Å². The maximum atomic E-state index is 4.88. The molecule has 0 fully saturated rings. The second-order valence-corrected chi connectivity index (χ2v) is 8.38. The minimum absolute atomic E-state index is 0.503. The van der Waals surface area contributed by atoms with Gasteiger partial charge in [0.2, 0.25) is 0 Å². The van der Waals surface area contributed by atoms with Crippen LogP contribution in [0.25, 0.3) is 0 Å². The lowest BCUT2D eigenvalue weighted by atomic mass is 10.1. The van der Waals surface area contributed by atoms with Gasteiger partial charge in [-0.3, -0.25) is 0 Å². The average Bonchev–Trinajstić information content (AvgIpc) is 2.93. The van der Waals surface area contributed by atoms with E-state index in [0.717, 1.165) is 30.1 Å². The highest BCUT2D eigenvalue weighted by atomic mass is 32.1. The van der Waals surface area contributed by atoms with E-state index in [-0.39, 0.29) is 0 Å². The van der Waals surface area contributed by atoms with Crippen LogP contribution in [0.2, 0.25) is 0 Å². The van der Waals surface area contributed by atoms with Gasteiger partial charge in [0.15, 0.2) is 0 Å². The fourth-order valence-corrected chi connectivity index (χ4v) is 3.81. The summed E-state index contributed by atoms with van der Waals surface area (Å²) < 4.78 is 0. The van der Waals surface area contributed by atoms with E-state index in [4.69, 9.17) is 4.98 Å². The average molecular weight is 324 g/mol. The number of aryl methyl sites for hydroxylation is 1. The van der Waals surface area contributed by atoms with Gasteiger partial charge in [0.05, 0.1) is 21.4 Å². The molecule has 0 saturated carbocycles. The van der Waals surface area contributed by atoms with E-state index in [1.165, 1.54) is 15.6 Å². The lowest BCUT2D eigenvalue weighted by Crippen LogP contribution is -2.22. The van der Waals surface area contributed by atoms with Gasteiger partial charge in [0, 0.05) is 29.3 Å². The second-order valence-electron chi connectivity index (χ2n) is 6.15. The van der Waals surface area contributed by atoms with Crippen LogP contribution >= 0.6 is 22.7 Å². The first-order valence-electron chi connectivity index (χ1n) is 7.56. The second kappa shape index (κ2) is 7.47. The van der Waals surface area contributed by atoms with E-state index in [1.807, 2.05) is 11.3 Å². The van der Waals surface area contributed by atoms with Crippen LogP contribution in [0.4, 0.5) is 0 Å². The van der Waals surface area contributed by atoms with Crippen LogP contribution in [-0.2, 0) is 19.4 Å². The summed E-state index contributed by atoms with van der Waals surface area (Å²) in [6.07, 6.45) is 1.92. The van der Waals surface area contributed by atoms with Gasteiger partial charge < -0.3 is 5.32 Å². The maximum absolute atomic E-state index is 4.88. The van der Waals surface area contributed by atoms with Gasteiger partial charge in [-0.25, -0.2) is 9.97 Å². The Morgan fingerprint density at radius 3 is 2.52 bits per heavy atom. The van der Waals surface area contributed by atoms with E-state index in [0.29, 0.717) is 12.0 Å². The van der Waals surface area contributed by atoms with E-state index < -0.39 is 0 Å². The van der Waals surface area contributed by atoms with E-state index in [2.05, 4.69) is 50.3 Å². The molecule has 5 heteroatoms. The first kappa shape index (κ1) is 16.6. The van der Waals surface area contributed by atoms with Crippen molar-refractivity contribution in [1.82, 2.24) is 15.3 Å². The molecular weight excluding hydrogens is 298 g/mol. The fraction of sp³-hybridized carbons (Fsp3) is 0.625. The SMILES string of the molecule is Cc1nc(Cc2nc(CC(C)C)c(CNC(C)C)s2)cs1. The Morgan fingerprint density at radius 2 is 1.95 bits per heavy atom. The number of rotatable bonds is 7. The molecule has 2 aromatic rings. The van der Waals surface area contributed by atoms with Crippen LogP contribution in [0.5, 0.6) is 0 Å². The van der Waals surface area contributed by atoms with Gasteiger partial charge in [-0.1, -0.05) is 27.7 Å². The third kappa shape index (κ3) is 5.16. The molecule has 3 nitrogen and oxygen atoms in total. The summed E-state index contributed by atoms with van der Waals surface area (Å²) in [5, 5.41) is 7.98. The highest BCUT2D eigenvalue weighted by Gasteiger charge is 2.14. The lowest BCUT2D eigenvalue weighted by Gasteiger charge is -2.08. The van der Waals surface area contributed by atoms with Crippen LogP contribution in [-0.4, -0.2) is 16.0 Å². The summed E-state index contributed by atoms with van der Waals surface area (Å²) in [6, 6.07) is 0.503. The molecule has 0 amide bonds. The van der Waals surface area contributed by atoms with Crippen molar-refractivity contribution in [2.45, 2.75) is 60.0 Å². The minimum Gasteiger partial charge on any atom is -0.310 e. The standard InChI is InChI=1S/C16H25N3S2/c1-10(2)6-14-15(8-17-11(3)4)21-16(19-14)7-13-9-20-12(5)18-13/h9-11,17H,6-8H2,1-5H3. The van der Waals surface area contributed by atoms with Crippen molar-refractivity contribution in [1.29, 1.82) is 0 Å². The topological polar surface area (TPSA) is 37.8 Å². The summed E-state index contributed by atoms with van der Waals surface area (Å²) in [4.78, 5) is 10.8. The molecule has 2 rings (SSSR count). The van der Waals surface area contributed by atoms with Crippen LogP contribution < -0.4 is 5.32 Å². The van der Waals surface area contributed by atoms with Crippen molar-refractivity contribution >= 4 is 22.7 Å². The van der Waals surface area contributed by atoms with Crippen LogP contribution in [0.1, 0.15) is 54.0 Å². The zero-order valence-corrected chi connectivity index (χ0v) is 15.2. The minimum atomic E-state index is 0.503. The molecule has 0 bridgehead atoms. The van der Waals surface area contributed by atoms with Gasteiger partial charge in [-0.05, 0) is 19.3 Å². The molecule has 0 unspecified atom stereocenters. The molecular formula is C16H25N3S2. The fourth-order valence-electron chi connectivity index (χ4n) is 2.14. The van der Waals surface area contributed by atoms with Gasteiger partial charge >= 0.3 is 0 Å². The van der Waals surface area contributed by atoms with E-state index >= 15 is 0 Å². The first-order valence-corrected chi connectivity index (χ1v) is 9.25. The molecule has 0 saturated heterocycles. The van der Waals surface area contributed by atoms with Gasteiger partial charge in [0.1, 0.15) is 0 Å². The zero-order chi connectivity index (χ0) is 15.4. The summed E-state index contributed by atoms with van der Waals surface area (Å²) in [7, 11) is 0. The molecule has 0 radical (unpaired) electrons. The quantitative estimate of drug-likeness (QED) is 0.830. The Morgan fingerprint density at radius 1 is 1.19 bits per heavy atom. The molecule has 1 N–H and O–H groups in total. The number of thiazole rings is 2. The van der Waals surface area contributed by atoms with Gasteiger partial charge in [-0.2, -0.15) is 0 Å². The highest BCUT2D eigenvalue weighted by molar-refractivity contribution is 7.11. The Hall–Kier alpha value is -0.780. The molecule has 21 heavy (non-hydrogen) atoms. The number of nitrogens with one attached hydrogen (secondary N) is 1. The zero-order valence-electron chi connectivity index (χ0n) is 13.6. The smallest absolute Gasteiger partial charge is 0.0991 e. The molecule has 0 aliphatic carbocycles. The predicted molar refractivity (Wildman–Crippen MR) is 92.3 cm³/mol. The van der Waals surface area contributed by atoms with Crippen LogP contribution in [0, 0.1) is 12.8 Å². The third-order valence-corrected chi connectivity index (χ3v) is 5.01. The summed E-state index contributed by atoms with van der Waals surface area (Å²) >= 11 is 3.55. The van der Waals surface area contributed by atoms with Crippen molar-refractivity contribution in [3.05, 3.63) is 31.7 Å². The molecule has 0 atom stereocenters. The highest BCUT2D eigenvalue weighted by Crippen LogP contribution is 2.24. The molecule has 0 aliphatic heterocycles. The molecule has 0 aromatic carbocycles. The van der Waals surface area contributed by atoms with Crippen molar-refractivity contribution in [2.24, 2.45) is 5.92 Å². The Kier molecular flexibility index (Phi) is 5.90. The number of hydrogen-bond acceptors (Lipinski definition) is 5. The molecule has 0 spiro atoms. The molecule has 2 aromatic heterocycles. The summed E-state index contributed by atoms with van der Waals surface area (Å²) in [5.41, 5.74) is 2.41. The monoisotopic (exact) mass is 323 g/mol. The number of aromatic nitrogens is 2. The van der Waals surface area contributed by atoms with Gasteiger partial charge in [-0.15, -0.1) is 22.7 Å². The lowest BCUT2D eigenvalue weighted by molar-refractivity contribution is 0.581. The predicted octanol–water partition coefficient (Wildman–Crippen LogP) is 4.20. The number of nitrogens with zero attached hydrogens (tertiary/aromatic N) is 2. The summed E-state index contributed by atoms with van der Waals surface area (Å²) in [5.74, 6) is 0.638. The Labute approximate surface area is 135 Å². The normalized spacial score (nSPS) is 11.8. The van der Waals surface area contributed by atoms with Crippen molar-refractivity contribution < 1.29 is 0 Å².